The van der Waals surface area contributed by atoms with Crippen molar-refractivity contribution in [1.29, 1.82) is 0 Å². The summed E-state index contributed by atoms with van der Waals surface area (Å²) in [7, 11) is 1.64. The van der Waals surface area contributed by atoms with Crippen LogP contribution in [0.3, 0.4) is 0 Å². The van der Waals surface area contributed by atoms with Gasteiger partial charge in [0.15, 0.2) is 0 Å². The van der Waals surface area contributed by atoms with E-state index in [2.05, 4.69) is 5.32 Å². The number of amides is 1. The lowest BCUT2D eigenvalue weighted by atomic mass is 10.1. The predicted molar refractivity (Wildman–Crippen MR) is 80.5 cm³/mol. The molecular formula is C14H21N3O4. The summed E-state index contributed by atoms with van der Waals surface area (Å²) in [6.45, 7) is 5.55. The maximum absolute atomic E-state index is 12.6. The van der Waals surface area contributed by atoms with Crippen molar-refractivity contribution in [1.82, 2.24) is 4.90 Å². The van der Waals surface area contributed by atoms with Gasteiger partial charge in [0.05, 0.1) is 16.1 Å². The highest BCUT2D eigenvalue weighted by atomic mass is 16.6. The van der Waals surface area contributed by atoms with Crippen LogP contribution in [0.15, 0.2) is 18.2 Å². The fourth-order valence-corrected chi connectivity index (χ4v) is 2.01. The van der Waals surface area contributed by atoms with Gasteiger partial charge in [-0.05, 0) is 26.8 Å². The molecule has 0 aliphatic heterocycles. The number of hydrogen-bond donors (Lipinski definition) is 2. The molecule has 0 aliphatic carbocycles. The van der Waals surface area contributed by atoms with Crippen LogP contribution in [0.2, 0.25) is 0 Å². The molecule has 7 nitrogen and oxygen atoms in total. The molecule has 0 fully saturated rings. The fraction of sp³-hybridized carbons (Fsp3) is 0.500. The van der Waals surface area contributed by atoms with Crippen LogP contribution in [0, 0.1) is 10.1 Å². The second kappa shape index (κ2) is 6.53. The number of hydrogen-bond acceptors (Lipinski definition) is 5. The Hall–Kier alpha value is -2.15. The van der Waals surface area contributed by atoms with Crippen molar-refractivity contribution in [2.45, 2.75) is 26.4 Å². The first kappa shape index (κ1) is 16.9. The van der Waals surface area contributed by atoms with Crippen LogP contribution in [0.1, 0.15) is 31.1 Å². The number of nitrogens with zero attached hydrogens (tertiary/aromatic N) is 2. The van der Waals surface area contributed by atoms with E-state index in [-0.39, 0.29) is 23.7 Å². The maximum atomic E-state index is 12.6. The van der Waals surface area contributed by atoms with E-state index in [9.17, 15) is 20.0 Å². The molecule has 0 spiro atoms. The highest BCUT2D eigenvalue weighted by Crippen LogP contribution is 2.24. The molecule has 1 rings (SSSR count). The largest absolute Gasteiger partial charge is 0.389 e. The number of nitrogens with one attached hydrogen (secondary N) is 1. The van der Waals surface area contributed by atoms with Crippen molar-refractivity contribution >= 4 is 17.3 Å². The van der Waals surface area contributed by atoms with Crippen molar-refractivity contribution in [2.75, 3.05) is 25.5 Å². The van der Waals surface area contributed by atoms with Crippen LogP contribution in [0.25, 0.3) is 0 Å². The zero-order chi connectivity index (χ0) is 16.2. The lowest BCUT2D eigenvalue weighted by molar-refractivity contribution is -0.384. The minimum absolute atomic E-state index is 0.142. The van der Waals surface area contributed by atoms with Gasteiger partial charge in [0.2, 0.25) is 0 Å². The Bertz CT molecular complexity index is 538. The maximum Gasteiger partial charge on any atom is 0.270 e. The smallest absolute Gasteiger partial charge is 0.270 e. The molecule has 2 N–H and O–H groups in total. The third-order valence-corrected chi connectivity index (χ3v) is 2.96. The lowest BCUT2D eigenvalue weighted by Gasteiger charge is -2.28. The van der Waals surface area contributed by atoms with Crippen molar-refractivity contribution < 1.29 is 14.8 Å². The summed E-state index contributed by atoms with van der Waals surface area (Å²) < 4.78 is 0. The number of nitro benzene ring substituents is 1. The van der Waals surface area contributed by atoms with E-state index < -0.39 is 10.5 Å². The number of non-ortho nitro benzene ring substituents is 1. The summed E-state index contributed by atoms with van der Waals surface area (Å²) in [5, 5.41) is 23.6. The number of nitro groups is 1. The molecule has 0 unspecified atom stereocenters. The average molecular weight is 295 g/mol. The minimum atomic E-state index is -1.04. The van der Waals surface area contributed by atoms with Gasteiger partial charge >= 0.3 is 0 Å². The molecule has 1 aromatic rings. The Kier molecular flexibility index (Phi) is 5.26. The quantitative estimate of drug-likeness (QED) is 0.617. The van der Waals surface area contributed by atoms with E-state index >= 15 is 0 Å². The number of rotatable bonds is 6. The third-order valence-electron chi connectivity index (χ3n) is 2.96. The highest BCUT2D eigenvalue weighted by Gasteiger charge is 2.25. The van der Waals surface area contributed by atoms with Crippen LogP contribution in [0.4, 0.5) is 11.4 Å². The number of anilines is 1. The van der Waals surface area contributed by atoms with Crippen LogP contribution in [-0.4, -0.2) is 46.6 Å². The molecule has 0 aromatic heterocycles. The average Bonchev–Trinajstić information content (AvgIpc) is 2.42. The van der Waals surface area contributed by atoms with Gasteiger partial charge in [-0.2, -0.15) is 0 Å². The highest BCUT2D eigenvalue weighted by molar-refractivity contribution is 6.00. The first-order chi connectivity index (χ1) is 9.69. The van der Waals surface area contributed by atoms with Crippen molar-refractivity contribution in [3.05, 3.63) is 33.9 Å². The standard InChI is InChI=1S/C14H21N3O4/c1-5-16(9-14(2,3)19)13(18)11-8-10(17(20)21)6-7-12(11)15-4/h6-8,15,19H,5,9H2,1-4H3. The normalized spacial score (nSPS) is 11.1. The molecule has 0 saturated heterocycles. The van der Waals surface area contributed by atoms with Gasteiger partial charge in [0.1, 0.15) is 0 Å². The summed E-state index contributed by atoms with van der Waals surface area (Å²) in [6, 6.07) is 4.10. The van der Waals surface area contributed by atoms with E-state index in [0.29, 0.717) is 12.2 Å². The number of benzene rings is 1. The first-order valence-electron chi connectivity index (χ1n) is 6.67. The number of carbonyl (C=O) groups excluding carboxylic acids is 1. The number of carbonyl (C=O) groups is 1. The Morgan fingerprint density at radius 3 is 2.52 bits per heavy atom. The molecule has 0 saturated carbocycles. The molecule has 21 heavy (non-hydrogen) atoms. The SMILES string of the molecule is CCN(CC(C)(C)O)C(=O)c1cc([N+](=O)[O-])ccc1NC. The van der Waals surface area contributed by atoms with Gasteiger partial charge < -0.3 is 15.3 Å². The lowest BCUT2D eigenvalue weighted by Crippen LogP contribution is -2.42. The molecule has 0 aliphatic rings. The van der Waals surface area contributed by atoms with Crippen LogP contribution in [-0.2, 0) is 0 Å². The monoisotopic (exact) mass is 295 g/mol. The third kappa shape index (κ3) is 4.42. The molecule has 1 aromatic carbocycles. The molecule has 0 heterocycles. The van der Waals surface area contributed by atoms with Crippen molar-refractivity contribution in [3.8, 4) is 0 Å². The first-order valence-corrected chi connectivity index (χ1v) is 6.67. The minimum Gasteiger partial charge on any atom is -0.389 e. The van der Waals surface area contributed by atoms with Gasteiger partial charge in [-0.25, -0.2) is 0 Å². The van der Waals surface area contributed by atoms with Crippen LogP contribution < -0.4 is 5.32 Å². The molecule has 0 bridgehead atoms. The number of aliphatic hydroxyl groups is 1. The van der Waals surface area contributed by atoms with Gasteiger partial charge in [0.25, 0.3) is 11.6 Å². The summed E-state index contributed by atoms with van der Waals surface area (Å²) in [5.74, 6) is -0.354. The summed E-state index contributed by atoms with van der Waals surface area (Å²) in [4.78, 5) is 24.3. The Balaban J connectivity index is 3.19. The molecule has 7 heteroatoms. The van der Waals surface area contributed by atoms with Gasteiger partial charge in [-0.15, -0.1) is 0 Å². The van der Waals surface area contributed by atoms with Gasteiger partial charge in [-0.3, -0.25) is 14.9 Å². The van der Waals surface area contributed by atoms with Crippen molar-refractivity contribution in [2.24, 2.45) is 0 Å². The zero-order valence-electron chi connectivity index (χ0n) is 12.7. The van der Waals surface area contributed by atoms with E-state index in [1.807, 2.05) is 0 Å². The molecule has 1 amide bonds. The Morgan fingerprint density at radius 2 is 2.10 bits per heavy atom. The molecule has 0 radical (unpaired) electrons. The topological polar surface area (TPSA) is 95.7 Å². The summed E-state index contributed by atoms with van der Waals surface area (Å²) in [5.41, 5.74) is -0.444. The fourth-order valence-electron chi connectivity index (χ4n) is 2.01. The predicted octanol–water partition coefficient (Wildman–Crippen LogP) is 1.87. The second-order valence-corrected chi connectivity index (χ2v) is 5.37. The van der Waals surface area contributed by atoms with Crippen LogP contribution >= 0.6 is 0 Å². The Morgan fingerprint density at radius 1 is 1.48 bits per heavy atom. The van der Waals surface area contributed by atoms with E-state index in [0.717, 1.165) is 0 Å². The summed E-state index contributed by atoms with van der Waals surface area (Å²) >= 11 is 0. The second-order valence-electron chi connectivity index (χ2n) is 5.37. The zero-order valence-corrected chi connectivity index (χ0v) is 12.7. The Labute approximate surface area is 123 Å². The molecular weight excluding hydrogens is 274 g/mol. The van der Waals surface area contributed by atoms with Crippen molar-refractivity contribution in [3.63, 3.8) is 0 Å². The molecule has 116 valence electrons. The number of likely N-dealkylation sites (N-methyl/N-ethyl adjacent to an activating group) is 1. The van der Waals surface area contributed by atoms with Crippen LogP contribution in [0.5, 0.6) is 0 Å². The van der Waals surface area contributed by atoms with Gasteiger partial charge in [-0.1, -0.05) is 0 Å². The van der Waals surface area contributed by atoms with E-state index in [4.69, 9.17) is 0 Å². The molecule has 0 atom stereocenters. The van der Waals surface area contributed by atoms with E-state index in [1.54, 1.807) is 27.8 Å². The van der Waals surface area contributed by atoms with Gasteiger partial charge in [0, 0.05) is 38.0 Å². The van der Waals surface area contributed by atoms with E-state index in [1.165, 1.54) is 23.1 Å². The summed E-state index contributed by atoms with van der Waals surface area (Å²) in [6.07, 6.45) is 0.